The number of hydrogen-bond acceptors (Lipinski definition) is 3. The van der Waals surface area contributed by atoms with Crippen molar-refractivity contribution in [2.24, 2.45) is 0 Å². The van der Waals surface area contributed by atoms with Gasteiger partial charge in [0.25, 0.3) is 0 Å². The van der Waals surface area contributed by atoms with E-state index in [0.717, 1.165) is 0 Å². The molecule has 1 saturated heterocycles. The van der Waals surface area contributed by atoms with Gasteiger partial charge in [-0.3, -0.25) is 4.90 Å². The molecule has 2 unspecified atom stereocenters. The summed E-state index contributed by atoms with van der Waals surface area (Å²) in [6.07, 6.45) is -4.08. The number of hydrogen-bond donors (Lipinski definition) is 2. The minimum Gasteiger partial charge on any atom is -0.391 e. The van der Waals surface area contributed by atoms with E-state index in [0.29, 0.717) is 13.0 Å². The Morgan fingerprint density at radius 2 is 2.14 bits per heavy atom. The van der Waals surface area contributed by atoms with Gasteiger partial charge in [0.2, 0.25) is 0 Å². The first-order valence-electron chi connectivity index (χ1n) is 4.55. The predicted molar refractivity (Wildman–Crippen MR) is 46.0 cm³/mol. The summed E-state index contributed by atoms with van der Waals surface area (Å²) < 4.78 is 35.9. The van der Waals surface area contributed by atoms with Crippen molar-refractivity contribution in [2.45, 2.75) is 24.7 Å². The first-order chi connectivity index (χ1) is 6.38. The van der Waals surface area contributed by atoms with Crippen molar-refractivity contribution in [1.82, 2.24) is 10.2 Å². The molecular formula is C8H15F3N2O. The average Bonchev–Trinajstić information content (AvgIpc) is 2.32. The summed E-state index contributed by atoms with van der Waals surface area (Å²) in [6.45, 7) is -0.0374. The van der Waals surface area contributed by atoms with E-state index in [1.807, 2.05) is 0 Å². The Kier molecular flexibility index (Phi) is 3.74. The summed E-state index contributed by atoms with van der Waals surface area (Å²) in [7, 11) is 1.40. The highest BCUT2D eigenvalue weighted by Crippen LogP contribution is 2.16. The molecule has 0 aromatic rings. The minimum absolute atomic E-state index is 0.223. The smallest absolute Gasteiger partial charge is 0.391 e. The van der Waals surface area contributed by atoms with E-state index in [-0.39, 0.29) is 12.6 Å². The highest BCUT2D eigenvalue weighted by molar-refractivity contribution is 4.85. The van der Waals surface area contributed by atoms with Crippen LogP contribution in [-0.2, 0) is 0 Å². The SMILES string of the molecule is CN(CC1NCCC1O)CC(F)(F)F. The van der Waals surface area contributed by atoms with Gasteiger partial charge in [0, 0.05) is 12.6 Å². The lowest BCUT2D eigenvalue weighted by atomic mass is 10.1. The summed E-state index contributed by atoms with van der Waals surface area (Å²) >= 11 is 0. The van der Waals surface area contributed by atoms with E-state index in [9.17, 15) is 18.3 Å². The fraction of sp³-hybridized carbons (Fsp3) is 1.00. The van der Waals surface area contributed by atoms with E-state index in [4.69, 9.17) is 0 Å². The predicted octanol–water partition coefficient (Wildman–Crippen LogP) is 0.203. The fourth-order valence-corrected chi connectivity index (χ4v) is 1.65. The summed E-state index contributed by atoms with van der Waals surface area (Å²) in [5.41, 5.74) is 0. The van der Waals surface area contributed by atoms with Gasteiger partial charge >= 0.3 is 6.18 Å². The lowest BCUT2D eigenvalue weighted by molar-refractivity contribution is -0.144. The molecule has 2 atom stereocenters. The first kappa shape index (κ1) is 11.7. The van der Waals surface area contributed by atoms with Crippen molar-refractivity contribution >= 4 is 0 Å². The Hall–Kier alpha value is -0.330. The van der Waals surface area contributed by atoms with Crippen LogP contribution < -0.4 is 5.32 Å². The maximum Gasteiger partial charge on any atom is 0.401 e. The topological polar surface area (TPSA) is 35.5 Å². The lowest BCUT2D eigenvalue weighted by Gasteiger charge is -2.23. The number of aliphatic hydroxyl groups is 1. The second kappa shape index (κ2) is 4.46. The van der Waals surface area contributed by atoms with E-state index < -0.39 is 18.8 Å². The third kappa shape index (κ3) is 3.81. The summed E-state index contributed by atoms with van der Waals surface area (Å²) in [5.74, 6) is 0. The summed E-state index contributed by atoms with van der Waals surface area (Å²) in [6, 6.07) is -0.234. The van der Waals surface area contributed by atoms with Crippen LogP contribution in [0.15, 0.2) is 0 Å². The molecule has 1 aliphatic heterocycles. The van der Waals surface area contributed by atoms with Gasteiger partial charge in [-0.1, -0.05) is 0 Å². The van der Waals surface area contributed by atoms with Crippen molar-refractivity contribution in [3.63, 3.8) is 0 Å². The molecule has 1 aliphatic rings. The van der Waals surface area contributed by atoms with Crippen molar-refractivity contribution in [3.8, 4) is 0 Å². The van der Waals surface area contributed by atoms with Gasteiger partial charge in [-0.25, -0.2) is 0 Å². The van der Waals surface area contributed by atoms with Crippen LogP contribution in [-0.4, -0.2) is 55.0 Å². The Morgan fingerprint density at radius 1 is 1.50 bits per heavy atom. The first-order valence-corrected chi connectivity index (χ1v) is 4.55. The number of nitrogens with zero attached hydrogens (tertiary/aromatic N) is 1. The molecule has 1 heterocycles. The van der Waals surface area contributed by atoms with E-state index in [1.165, 1.54) is 11.9 Å². The molecule has 1 rings (SSSR count). The van der Waals surface area contributed by atoms with Crippen molar-refractivity contribution in [3.05, 3.63) is 0 Å². The lowest BCUT2D eigenvalue weighted by Crippen LogP contribution is -2.43. The van der Waals surface area contributed by atoms with Crippen LogP contribution in [0, 0.1) is 0 Å². The molecule has 0 saturated carbocycles. The molecule has 1 fully saturated rings. The van der Waals surface area contributed by atoms with E-state index in [1.54, 1.807) is 0 Å². The zero-order valence-corrected chi connectivity index (χ0v) is 8.01. The maximum atomic E-state index is 12.0. The molecule has 0 aliphatic carbocycles. The quantitative estimate of drug-likeness (QED) is 0.701. The van der Waals surface area contributed by atoms with Crippen LogP contribution in [0.5, 0.6) is 0 Å². The largest absolute Gasteiger partial charge is 0.401 e. The van der Waals surface area contributed by atoms with Crippen LogP contribution in [0.4, 0.5) is 13.2 Å². The second-order valence-corrected chi connectivity index (χ2v) is 3.73. The monoisotopic (exact) mass is 212 g/mol. The molecule has 0 aromatic heterocycles. The van der Waals surface area contributed by atoms with Gasteiger partial charge in [0.15, 0.2) is 0 Å². The molecule has 0 amide bonds. The minimum atomic E-state index is -4.17. The zero-order chi connectivity index (χ0) is 10.8. The highest BCUT2D eigenvalue weighted by atomic mass is 19.4. The van der Waals surface area contributed by atoms with Gasteiger partial charge < -0.3 is 10.4 Å². The van der Waals surface area contributed by atoms with Crippen molar-refractivity contribution < 1.29 is 18.3 Å². The number of aliphatic hydroxyl groups excluding tert-OH is 1. The van der Waals surface area contributed by atoms with Crippen LogP contribution >= 0.6 is 0 Å². The number of nitrogens with one attached hydrogen (secondary N) is 1. The zero-order valence-electron chi connectivity index (χ0n) is 8.01. The normalized spacial score (nSPS) is 28.7. The van der Waals surface area contributed by atoms with Gasteiger partial charge in [-0.05, 0) is 20.0 Å². The maximum absolute atomic E-state index is 12.0. The molecule has 84 valence electrons. The second-order valence-electron chi connectivity index (χ2n) is 3.73. The van der Waals surface area contributed by atoms with Crippen molar-refractivity contribution in [1.29, 1.82) is 0 Å². The fourth-order valence-electron chi connectivity index (χ4n) is 1.65. The Bertz CT molecular complexity index is 186. The molecule has 14 heavy (non-hydrogen) atoms. The number of rotatable bonds is 3. The van der Waals surface area contributed by atoms with E-state index >= 15 is 0 Å². The molecule has 0 radical (unpaired) electrons. The van der Waals surface area contributed by atoms with Crippen LogP contribution in [0.25, 0.3) is 0 Å². The van der Waals surface area contributed by atoms with Gasteiger partial charge in [0.1, 0.15) is 0 Å². The third-order valence-electron chi connectivity index (χ3n) is 2.27. The van der Waals surface area contributed by atoms with Crippen LogP contribution in [0.1, 0.15) is 6.42 Å². The third-order valence-corrected chi connectivity index (χ3v) is 2.27. The van der Waals surface area contributed by atoms with Gasteiger partial charge in [-0.15, -0.1) is 0 Å². The number of alkyl halides is 3. The van der Waals surface area contributed by atoms with Crippen molar-refractivity contribution in [2.75, 3.05) is 26.7 Å². The molecule has 0 bridgehead atoms. The number of likely N-dealkylation sites (N-methyl/N-ethyl adjacent to an activating group) is 1. The van der Waals surface area contributed by atoms with Gasteiger partial charge in [-0.2, -0.15) is 13.2 Å². The van der Waals surface area contributed by atoms with Gasteiger partial charge in [0.05, 0.1) is 12.6 Å². The Morgan fingerprint density at radius 3 is 2.57 bits per heavy atom. The summed E-state index contributed by atoms with van der Waals surface area (Å²) in [5, 5.41) is 12.3. The molecule has 3 nitrogen and oxygen atoms in total. The molecule has 2 N–H and O–H groups in total. The molecule has 0 aromatic carbocycles. The highest BCUT2D eigenvalue weighted by Gasteiger charge is 2.32. The Balaban J connectivity index is 2.29. The average molecular weight is 212 g/mol. The standard InChI is InChI=1S/C8H15F3N2O/c1-13(5-8(9,10)11)4-6-7(14)2-3-12-6/h6-7,12,14H,2-5H2,1H3. The Labute approximate surface area is 80.9 Å². The van der Waals surface area contributed by atoms with Crippen LogP contribution in [0.3, 0.4) is 0 Å². The molecular weight excluding hydrogens is 197 g/mol. The van der Waals surface area contributed by atoms with Crippen LogP contribution in [0.2, 0.25) is 0 Å². The molecule has 0 spiro atoms. The van der Waals surface area contributed by atoms with E-state index in [2.05, 4.69) is 5.32 Å². The summed E-state index contributed by atoms with van der Waals surface area (Å²) in [4.78, 5) is 1.17. The number of halogens is 3. The molecule has 6 heteroatoms.